The number of halogens is 3. The average molecular weight is 306 g/mol. The van der Waals surface area contributed by atoms with Crippen molar-refractivity contribution in [2.45, 2.75) is 64.8 Å². The van der Waals surface area contributed by atoms with Gasteiger partial charge < -0.3 is 4.74 Å². The summed E-state index contributed by atoms with van der Waals surface area (Å²) in [4.78, 5) is 15.6. The van der Waals surface area contributed by atoms with Crippen molar-refractivity contribution in [1.29, 1.82) is 0 Å². The Morgan fingerprint density at radius 2 is 1.95 bits per heavy atom. The second-order valence-corrected chi connectivity index (χ2v) is 5.07. The molecule has 0 fully saturated rings. The van der Waals surface area contributed by atoms with Crippen LogP contribution in [0.1, 0.15) is 58.4 Å². The Bertz CT molecular complexity index is 486. The minimum Gasteiger partial charge on any atom is -0.398 e. The maximum atomic E-state index is 12.2. The molecule has 0 N–H and O–H groups in total. The molecule has 1 aromatic rings. The first-order valence-electron chi connectivity index (χ1n) is 7.17. The van der Waals surface area contributed by atoms with Crippen molar-refractivity contribution in [3.05, 3.63) is 22.9 Å². The van der Waals surface area contributed by atoms with Crippen molar-refractivity contribution >= 4 is 0 Å². The van der Waals surface area contributed by atoms with Crippen molar-refractivity contribution in [3.63, 3.8) is 0 Å². The topological polar surface area (TPSA) is 44.1 Å². The third kappa shape index (κ3) is 6.18. The van der Waals surface area contributed by atoms with Gasteiger partial charge in [0.25, 0.3) is 5.56 Å². The molecular weight excluding hydrogens is 285 g/mol. The summed E-state index contributed by atoms with van der Waals surface area (Å²) in [5.74, 6) is -0.789. The smallest absolute Gasteiger partial charge is 0.398 e. The second kappa shape index (κ2) is 8.05. The zero-order chi connectivity index (χ0) is 15.9. The van der Waals surface area contributed by atoms with Crippen LogP contribution in [0.25, 0.3) is 0 Å². The Hall–Kier alpha value is -1.53. The van der Waals surface area contributed by atoms with E-state index in [2.05, 4.69) is 16.6 Å². The highest BCUT2D eigenvalue weighted by Crippen LogP contribution is 2.20. The molecule has 120 valence electrons. The minimum absolute atomic E-state index is 0.205. The molecule has 4 nitrogen and oxygen atoms in total. The van der Waals surface area contributed by atoms with E-state index in [1.54, 1.807) is 6.92 Å². The Balaban J connectivity index is 2.66. The van der Waals surface area contributed by atoms with Gasteiger partial charge in [0.15, 0.2) is 0 Å². The molecule has 1 heterocycles. The van der Waals surface area contributed by atoms with Crippen LogP contribution in [0.3, 0.4) is 0 Å². The van der Waals surface area contributed by atoms with Crippen molar-refractivity contribution < 1.29 is 17.9 Å². The van der Waals surface area contributed by atoms with Crippen LogP contribution in [0.5, 0.6) is 5.75 Å². The van der Waals surface area contributed by atoms with E-state index in [4.69, 9.17) is 0 Å². The first-order chi connectivity index (χ1) is 9.85. The second-order valence-electron chi connectivity index (χ2n) is 5.07. The van der Waals surface area contributed by atoms with Gasteiger partial charge in [0.2, 0.25) is 5.75 Å². The molecule has 1 atom stereocenters. The average Bonchev–Trinajstić information content (AvgIpc) is 2.39. The van der Waals surface area contributed by atoms with Crippen LogP contribution in [-0.4, -0.2) is 15.9 Å². The van der Waals surface area contributed by atoms with E-state index in [9.17, 15) is 18.0 Å². The molecule has 0 radical (unpaired) electrons. The van der Waals surface area contributed by atoms with Gasteiger partial charge >= 0.3 is 6.36 Å². The molecule has 7 heteroatoms. The number of ether oxygens (including phenoxy) is 1. The SMILES string of the molecule is CCCCCCCC(C)n1cncc(OC(F)(F)F)c1=O. The van der Waals surface area contributed by atoms with Crippen LogP contribution in [-0.2, 0) is 0 Å². The monoisotopic (exact) mass is 306 g/mol. The van der Waals surface area contributed by atoms with Gasteiger partial charge in [0.1, 0.15) is 0 Å². The van der Waals surface area contributed by atoms with E-state index in [1.807, 2.05) is 0 Å². The van der Waals surface area contributed by atoms with E-state index in [0.29, 0.717) is 0 Å². The van der Waals surface area contributed by atoms with Crippen LogP contribution in [0.15, 0.2) is 17.3 Å². The molecule has 0 spiro atoms. The maximum absolute atomic E-state index is 12.2. The molecule has 0 aliphatic carbocycles. The lowest BCUT2D eigenvalue weighted by Crippen LogP contribution is -2.28. The molecule has 0 amide bonds. The summed E-state index contributed by atoms with van der Waals surface area (Å²) in [6, 6.07) is -0.205. The lowest BCUT2D eigenvalue weighted by atomic mass is 10.1. The fraction of sp³-hybridized carbons (Fsp3) is 0.714. The quantitative estimate of drug-likeness (QED) is 0.680. The lowest BCUT2D eigenvalue weighted by molar-refractivity contribution is -0.275. The summed E-state index contributed by atoms with van der Waals surface area (Å²) in [5, 5.41) is 0. The standard InChI is InChI=1S/C14H21F3N2O2/c1-3-4-5-6-7-8-11(2)19-10-18-9-12(13(19)20)21-14(15,16)17/h9-11H,3-8H2,1-2H3. The van der Waals surface area contributed by atoms with Crippen LogP contribution in [0.4, 0.5) is 13.2 Å². The van der Waals surface area contributed by atoms with Gasteiger partial charge in [-0.05, 0) is 13.3 Å². The van der Waals surface area contributed by atoms with E-state index in [0.717, 1.165) is 38.3 Å². The molecule has 1 rings (SSSR count). The van der Waals surface area contributed by atoms with E-state index >= 15 is 0 Å². The third-order valence-electron chi connectivity index (χ3n) is 3.25. The Kier molecular flexibility index (Phi) is 6.71. The van der Waals surface area contributed by atoms with Gasteiger partial charge in [-0.1, -0.05) is 39.0 Å². The summed E-state index contributed by atoms with van der Waals surface area (Å²) in [6.07, 6.45) is 3.32. The zero-order valence-corrected chi connectivity index (χ0v) is 12.3. The summed E-state index contributed by atoms with van der Waals surface area (Å²) in [6.45, 7) is 3.92. The number of hydrogen-bond acceptors (Lipinski definition) is 3. The summed E-state index contributed by atoms with van der Waals surface area (Å²) < 4.78 is 41.4. The molecule has 0 aliphatic rings. The van der Waals surface area contributed by atoms with Gasteiger partial charge in [-0.15, -0.1) is 13.2 Å². The first kappa shape index (κ1) is 17.5. The zero-order valence-electron chi connectivity index (χ0n) is 12.3. The third-order valence-corrected chi connectivity index (χ3v) is 3.25. The predicted molar refractivity (Wildman–Crippen MR) is 73.3 cm³/mol. The number of unbranched alkanes of at least 4 members (excludes halogenated alkanes) is 4. The van der Waals surface area contributed by atoms with Crippen molar-refractivity contribution in [2.75, 3.05) is 0 Å². The van der Waals surface area contributed by atoms with E-state index in [-0.39, 0.29) is 6.04 Å². The summed E-state index contributed by atoms with van der Waals surface area (Å²) >= 11 is 0. The normalized spacial score (nSPS) is 13.2. The maximum Gasteiger partial charge on any atom is 0.573 e. The molecule has 1 aromatic heterocycles. The molecule has 0 bridgehead atoms. The minimum atomic E-state index is -4.89. The molecule has 0 aromatic carbocycles. The summed E-state index contributed by atoms with van der Waals surface area (Å²) in [7, 11) is 0. The lowest BCUT2D eigenvalue weighted by Gasteiger charge is -2.16. The fourth-order valence-corrected chi connectivity index (χ4v) is 2.10. The fourth-order valence-electron chi connectivity index (χ4n) is 2.10. The number of rotatable bonds is 8. The molecular formula is C14H21F3N2O2. The van der Waals surface area contributed by atoms with Gasteiger partial charge in [-0.3, -0.25) is 9.36 Å². The number of aromatic nitrogens is 2. The number of hydrogen-bond donors (Lipinski definition) is 0. The van der Waals surface area contributed by atoms with E-state index in [1.165, 1.54) is 17.3 Å². The molecule has 0 saturated carbocycles. The van der Waals surface area contributed by atoms with Crippen LogP contribution in [0.2, 0.25) is 0 Å². The van der Waals surface area contributed by atoms with Crippen molar-refractivity contribution in [3.8, 4) is 5.75 Å². The van der Waals surface area contributed by atoms with Gasteiger partial charge in [0.05, 0.1) is 12.5 Å². The molecule has 1 unspecified atom stereocenters. The Morgan fingerprint density at radius 3 is 2.57 bits per heavy atom. The highest BCUT2D eigenvalue weighted by molar-refractivity contribution is 5.12. The van der Waals surface area contributed by atoms with Gasteiger partial charge in [-0.2, -0.15) is 0 Å². The van der Waals surface area contributed by atoms with E-state index < -0.39 is 17.7 Å². The molecule has 0 aliphatic heterocycles. The largest absolute Gasteiger partial charge is 0.573 e. The van der Waals surface area contributed by atoms with Crippen LogP contribution in [0, 0.1) is 0 Å². The number of nitrogens with zero attached hydrogens (tertiary/aromatic N) is 2. The van der Waals surface area contributed by atoms with Crippen LogP contribution < -0.4 is 10.3 Å². The number of alkyl halides is 3. The predicted octanol–water partition coefficient (Wildman–Crippen LogP) is 4.06. The van der Waals surface area contributed by atoms with Gasteiger partial charge in [-0.25, -0.2) is 4.98 Å². The van der Waals surface area contributed by atoms with Crippen LogP contribution >= 0.6 is 0 Å². The highest BCUT2D eigenvalue weighted by Gasteiger charge is 2.32. The van der Waals surface area contributed by atoms with Gasteiger partial charge in [0, 0.05) is 6.04 Å². The molecule has 21 heavy (non-hydrogen) atoms. The Morgan fingerprint density at radius 1 is 1.29 bits per heavy atom. The van der Waals surface area contributed by atoms with Crippen molar-refractivity contribution in [1.82, 2.24) is 9.55 Å². The first-order valence-corrected chi connectivity index (χ1v) is 7.17. The summed E-state index contributed by atoms with van der Waals surface area (Å²) in [5.41, 5.74) is -0.802. The highest BCUT2D eigenvalue weighted by atomic mass is 19.4. The molecule has 0 saturated heterocycles. The Labute approximate surface area is 122 Å². The van der Waals surface area contributed by atoms with Crippen molar-refractivity contribution in [2.24, 2.45) is 0 Å².